The lowest BCUT2D eigenvalue weighted by Crippen LogP contribution is -2.62. The van der Waals surface area contributed by atoms with Gasteiger partial charge < -0.3 is 15.5 Å². The molecular formula is C36H58N2O3S. The van der Waals surface area contributed by atoms with Crippen molar-refractivity contribution >= 4 is 18.0 Å². The van der Waals surface area contributed by atoms with Gasteiger partial charge in [0.1, 0.15) is 0 Å². The fourth-order valence-electron chi connectivity index (χ4n) is 10.7. The molecule has 11 atom stereocenters. The van der Waals surface area contributed by atoms with Gasteiger partial charge in [0.15, 0.2) is 0 Å². The monoisotopic (exact) mass is 598 g/mol. The van der Waals surface area contributed by atoms with Gasteiger partial charge in [-0.3, -0.25) is 4.72 Å². The lowest BCUT2D eigenvalue weighted by Gasteiger charge is -2.64. The summed E-state index contributed by atoms with van der Waals surface area (Å²) in [6.45, 7) is 17.0. The molecule has 0 spiro atoms. The molecule has 5 nitrogen and oxygen atoms in total. The summed E-state index contributed by atoms with van der Waals surface area (Å²) in [5, 5.41) is 25.6. The van der Waals surface area contributed by atoms with Gasteiger partial charge in [0.25, 0.3) is 0 Å². The number of nitrogens with one attached hydrogen (secondary N) is 2. The first kappa shape index (κ1) is 32.2. The summed E-state index contributed by atoms with van der Waals surface area (Å²) in [7, 11) is 0. The molecule has 2 amide bonds. The number of amides is 2. The van der Waals surface area contributed by atoms with Crippen molar-refractivity contribution in [2.45, 2.75) is 129 Å². The van der Waals surface area contributed by atoms with Crippen molar-refractivity contribution in [3.63, 3.8) is 0 Å². The van der Waals surface area contributed by atoms with E-state index >= 15 is 0 Å². The average Bonchev–Trinajstić information content (AvgIpc) is 3.30. The molecule has 4 saturated carbocycles. The number of benzene rings is 1. The molecule has 0 bridgehead atoms. The largest absolute Gasteiger partial charge is 0.393 e. The molecule has 4 aliphatic rings. The molecule has 0 unspecified atom stereocenters. The van der Waals surface area contributed by atoms with Gasteiger partial charge in [-0.1, -0.05) is 67.0 Å². The standard InChI is InChI=1S/C36H58N2O3S/c1-8-26-30-21-24(39)15-18-36(30,7)29-16-19-35(6)27(13-14-28(35)31(29)32(26)40)22(2)17-20-37-33(41)38-42-25-11-9-23(10-12-25)34(3,4)5/h9-12,22,24,26-32,39-40H,8,13-21H2,1-7H3,(H2,37,38,41)/t22-,24-,26-,27-,28+,29+,30+,31+,32-,35-,36-/m1/s1. The van der Waals surface area contributed by atoms with Crippen LogP contribution < -0.4 is 10.0 Å². The number of hydrogen-bond acceptors (Lipinski definition) is 4. The van der Waals surface area contributed by atoms with E-state index in [0.717, 1.165) is 37.0 Å². The lowest BCUT2D eigenvalue weighted by atomic mass is 9.41. The Morgan fingerprint density at radius 1 is 1.00 bits per heavy atom. The minimum absolute atomic E-state index is 0.121. The van der Waals surface area contributed by atoms with E-state index in [1.165, 1.54) is 43.2 Å². The van der Waals surface area contributed by atoms with Crippen molar-refractivity contribution in [3.8, 4) is 0 Å². The van der Waals surface area contributed by atoms with Crippen LogP contribution in [0.1, 0.15) is 112 Å². The Labute approximate surface area is 259 Å². The average molecular weight is 599 g/mol. The van der Waals surface area contributed by atoms with Gasteiger partial charge in [-0.05, 0) is 139 Å². The number of aliphatic hydroxyl groups excluding tert-OH is 2. The van der Waals surface area contributed by atoms with Gasteiger partial charge in [-0.15, -0.1) is 0 Å². The molecule has 1 aromatic rings. The van der Waals surface area contributed by atoms with E-state index in [-0.39, 0.29) is 34.5 Å². The Morgan fingerprint density at radius 3 is 2.33 bits per heavy atom. The lowest BCUT2D eigenvalue weighted by molar-refractivity contribution is -0.203. The predicted octanol–water partition coefficient (Wildman–Crippen LogP) is 7.94. The number of hydrogen-bond donors (Lipinski definition) is 4. The van der Waals surface area contributed by atoms with Crippen LogP contribution in [-0.4, -0.2) is 35.0 Å². The van der Waals surface area contributed by atoms with E-state index in [0.29, 0.717) is 48.0 Å². The Bertz CT molecular complexity index is 1090. The van der Waals surface area contributed by atoms with Gasteiger partial charge >= 0.3 is 6.03 Å². The molecule has 42 heavy (non-hydrogen) atoms. The molecule has 4 fully saturated rings. The maximum absolute atomic E-state index is 12.6. The number of urea groups is 1. The van der Waals surface area contributed by atoms with E-state index in [1.54, 1.807) is 0 Å². The van der Waals surface area contributed by atoms with Crippen molar-refractivity contribution < 1.29 is 15.0 Å². The third-order valence-corrected chi connectivity index (χ3v) is 13.8. The molecule has 4 aliphatic carbocycles. The molecule has 0 aromatic heterocycles. The second kappa shape index (κ2) is 12.3. The molecule has 6 heteroatoms. The third-order valence-electron chi connectivity index (χ3n) is 13.0. The highest BCUT2D eigenvalue weighted by molar-refractivity contribution is 7.98. The molecule has 4 N–H and O–H groups in total. The van der Waals surface area contributed by atoms with Crippen LogP contribution in [0.4, 0.5) is 4.79 Å². The highest BCUT2D eigenvalue weighted by Crippen LogP contribution is 2.69. The van der Waals surface area contributed by atoms with Crippen molar-refractivity contribution in [2.75, 3.05) is 6.54 Å². The van der Waals surface area contributed by atoms with E-state index in [4.69, 9.17) is 0 Å². The van der Waals surface area contributed by atoms with Crippen molar-refractivity contribution in [1.29, 1.82) is 0 Å². The van der Waals surface area contributed by atoms with Crippen LogP contribution in [0.2, 0.25) is 0 Å². The van der Waals surface area contributed by atoms with Crippen molar-refractivity contribution in [1.82, 2.24) is 10.0 Å². The van der Waals surface area contributed by atoms with Crippen LogP contribution in [0, 0.1) is 52.3 Å². The number of rotatable bonds is 7. The highest BCUT2D eigenvalue weighted by atomic mass is 32.2. The molecule has 0 radical (unpaired) electrons. The first-order valence-corrected chi connectivity index (χ1v) is 17.8. The van der Waals surface area contributed by atoms with Crippen molar-refractivity contribution in [2.24, 2.45) is 52.3 Å². The van der Waals surface area contributed by atoms with E-state index < -0.39 is 0 Å². The molecule has 1 aromatic carbocycles. The van der Waals surface area contributed by atoms with E-state index in [1.807, 2.05) is 0 Å². The molecule has 236 valence electrons. The zero-order valence-corrected chi connectivity index (χ0v) is 28.1. The highest BCUT2D eigenvalue weighted by Gasteiger charge is 2.64. The summed E-state index contributed by atoms with van der Waals surface area (Å²) in [6.07, 6.45) is 9.39. The first-order valence-electron chi connectivity index (χ1n) is 17.0. The van der Waals surface area contributed by atoms with Gasteiger partial charge in [-0.2, -0.15) is 0 Å². The van der Waals surface area contributed by atoms with Crippen LogP contribution in [0.25, 0.3) is 0 Å². The third kappa shape index (κ3) is 5.90. The van der Waals surface area contributed by atoms with Crippen LogP contribution in [-0.2, 0) is 5.41 Å². The van der Waals surface area contributed by atoms with Crippen LogP contribution in [0.15, 0.2) is 29.2 Å². The summed E-state index contributed by atoms with van der Waals surface area (Å²) in [6, 6.07) is 8.30. The second-order valence-electron chi connectivity index (χ2n) is 16.1. The summed E-state index contributed by atoms with van der Waals surface area (Å²) in [5.41, 5.74) is 1.92. The number of aliphatic hydroxyl groups is 2. The zero-order valence-electron chi connectivity index (χ0n) is 27.3. The Kier molecular flexibility index (Phi) is 9.40. The topological polar surface area (TPSA) is 81.6 Å². The minimum atomic E-state index is -0.241. The number of fused-ring (bicyclic) bond motifs is 5. The Balaban J connectivity index is 1.16. The van der Waals surface area contributed by atoms with E-state index in [2.05, 4.69) is 82.8 Å². The Hall–Kier alpha value is -1.24. The predicted molar refractivity (Wildman–Crippen MR) is 173 cm³/mol. The van der Waals surface area contributed by atoms with E-state index in [9.17, 15) is 15.0 Å². The fourth-order valence-corrected chi connectivity index (χ4v) is 11.3. The van der Waals surface area contributed by atoms with Gasteiger partial charge in [0.2, 0.25) is 0 Å². The fraction of sp³-hybridized carbons (Fsp3) is 0.806. The molecule has 5 rings (SSSR count). The maximum atomic E-state index is 12.6. The number of carbonyl (C=O) groups is 1. The molecular weight excluding hydrogens is 540 g/mol. The number of carbonyl (C=O) groups excluding carboxylic acids is 1. The summed E-state index contributed by atoms with van der Waals surface area (Å²) in [5.74, 6) is 3.46. The quantitative estimate of drug-likeness (QED) is 0.240. The zero-order chi connectivity index (χ0) is 30.4. The Morgan fingerprint density at radius 2 is 1.67 bits per heavy atom. The molecule has 0 saturated heterocycles. The second-order valence-corrected chi connectivity index (χ2v) is 17.0. The summed E-state index contributed by atoms with van der Waals surface area (Å²) < 4.78 is 2.95. The van der Waals surface area contributed by atoms with Gasteiger partial charge in [0, 0.05) is 11.4 Å². The summed E-state index contributed by atoms with van der Waals surface area (Å²) in [4.78, 5) is 13.6. The van der Waals surface area contributed by atoms with Crippen molar-refractivity contribution in [3.05, 3.63) is 29.8 Å². The van der Waals surface area contributed by atoms with Crippen LogP contribution in [0.3, 0.4) is 0 Å². The minimum Gasteiger partial charge on any atom is -0.393 e. The van der Waals surface area contributed by atoms with Crippen LogP contribution in [0.5, 0.6) is 0 Å². The maximum Gasteiger partial charge on any atom is 0.325 e. The van der Waals surface area contributed by atoms with Crippen LogP contribution >= 0.6 is 11.9 Å². The SMILES string of the molecule is CC[C@H]1[C@@H](O)[C@@H]2[C@H](CC[C@]3(C)[C@@H]([C@H](C)CCNC(=O)NSc4ccc(C(C)(C)C)cc4)CC[C@@H]23)[C@@]2(C)CC[C@@H](O)C[C@@H]12. The van der Waals surface area contributed by atoms with Gasteiger partial charge in [-0.25, -0.2) is 4.79 Å². The first-order chi connectivity index (χ1) is 19.8. The van der Waals surface area contributed by atoms with Gasteiger partial charge in [0.05, 0.1) is 12.2 Å². The normalized spacial score (nSPS) is 40.4. The summed E-state index contributed by atoms with van der Waals surface area (Å²) >= 11 is 1.37. The molecule has 0 heterocycles. The smallest absolute Gasteiger partial charge is 0.325 e. The molecule has 0 aliphatic heterocycles.